The fourth-order valence-electron chi connectivity index (χ4n) is 2.43. The van der Waals surface area contributed by atoms with E-state index in [1.807, 2.05) is 56.3 Å². The van der Waals surface area contributed by atoms with Crippen molar-refractivity contribution in [1.29, 1.82) is 0 Å². The quantitative estimate of drug-likeness (QED) is 0.846. The van der Waals surface area contributed by atoms with Gasteiger partial charge in [0.25, 0.3) is 0 Å². The molecule has 1 heterocycles. The third-order valence-electron chi connectivity index (χ3n) is 3.38. The minimum absolute atomic E-state index is 0.251. The highest BCUT2D eigenvalue weighted by molar-refractivity contribution is 6.00. The highest BCUT2D eigenvalue weighted by Crippen LogP contribution is 2.29. The largest absolute Gasteiger partial charge is 0.323 e. The lowest BCUT2D eigenvalue weighted by Crippen LogP contribution is -2.19. The molecule has 2 amide bonds. The number of amides is 2. The van der Waals surface area contributed by atoms with Gasteiger partial charge in [-0.15, -0.1) is 0 Å². The van der Waals surface area contributed by atoms with Crippen LogP contribution in [0.3, 0.4) is 0 Å². The highest BCUT2D eigenvalue weighted by Gasteiger charge is 2.12. The molecule has 0 radical (unpaired) electrons. The molecule has 2 aromatic rings. The van der Waals surface area contributed by atoms with E-state index in [0.29, 0.717) is 0 Å². The van der Waals surface area contributed by atoms with Gasteiger partial charge in [-0.25, -0.2) is 4.79 Å². The molecule has 0 aliphatic carbocycles. The molecule has 1 aliphatic rings. The molecule has 21 heavy (non-hydrogen) atoms. The number of aliphatic imine (C=N–C) groups is 1. The van der Waals surface area contributed by atoms with Gasteiger partial charge in [0.2, 0.25) is 0 Å². The summed E-state index contributed by atoms with van der Waals surface area (Å²) in [5.74, 6) is 0. The van der Waals surface area contributed by atoms with E-state index < -0.39 is 0 Å². The zero-order valence-electron chi connectivity index (χ0n) is 12.1. The summed E-state index contributed by atoms with van der Waals surface area (Å²) in [6.07, 6.45) is 0.894. The number of carbonyl (C=O) groups excluding carboxylic acids is 1. The zero-order valence-corrected chi connectivity index (χ0v) is 12.1. The van der Waals surface area contributed by atoms with Gasteiger partial charge >= 0.3 is 6.03 Å². The van der Waals surface area contributed by atoms with Gasteiger partial charge in [0, 0.05) is 23.5 Å². The second-order valence-electron chi connectivity index (χ2n) is 5.32. The van der Waals surface area contributed by atoms with Gasteiger partial charge in [-0.3, -0.25) is 4.99 Å². The summed E-state index contributed by atoms with van der Waals surface area (Å²) in [7, 11) is 0. The van der Waals surface area contributed by atoms with Crippen LogP contribution in [0.1, 0.15) is 18.1 Å². The Morgan fingerprint density at radius 2 is 1.81 bits per heavy atom. The maximum Gasteiger partial charge on any atom is 0.323 e. The molecule has 0 bridgehead atoms. The number of benzene rings is 2. The van der Waals surface area contributed by atoms with Gasteiger partial charge in [0.15, 0.2) is 0 Å². The second-order valence-corrected chi connectivity index (χ2v) is 5.32. The van der Waals surface area contributed by atoms with Crippen LogP contribution >= 0.6 is 0 Å². The normalized spacial score (nSPS) is 12.6. The molecule has 4 nitrogen and oxygen atoms in total. The first-order valence-electron chi connectivity index (χ1n) is 6.92. The van der Waals surface area contributed by atoms with Crippen LogP contribution in [-0.4, -0.2) is 11.7 Å². The summed E-state index contributed by atoms with van der Waals surface area (Å²) >= 11 is 0. The number of fused-ring (bicyclic) bond motifs is 1. The van der Waals surface area contributed by atoms with Crippen molar-refractivity contribution in [3.63, 3.8) is 0 Å². The molecular weight excluding hydrogens is 262 g/mol. The lowest BCUT2D eigenvalue weighted by molar-refractivity contribution is 0.262. The van der Waals surface area contributed by atoms with Gasteiger partial charge in [-0.2, -0.15) is 0 Å². The number of nitrogens with zero attached hydrogens (tertiary/aromatic N) is 1. The average molecular weight is 279 g/mol. The van der Waals surface area contributed by atoms with E-state index in [0.717, 1.165) is 34.8 Å². The van der Waals surface area contributed by atoms with Crippen LogP contribution in [0.15, 0.2) is 47.5 Å². The maximum absolute atomic E-state index is 12.0. The summed E-state index contributed by atoms with van der Waals surface area (Å²) in [5.41, 5.74) is 5.89. The van der Waals surface area contributed by atoms with Crippen molar-refractivity contribution in [3.05, 3.63) is 53.6 Å². The van der Waals surface area contributed by atoms with E-state index in [1.165, 1.54) is 5.56 Å². The van der Waals surface area contributed by atoms with Gasteiger partial charge in [-0.1, -0.05) is 18.2 Å². The molecule has 106 valence electrons. The Morgan fingerprint density at radius 3 is 2.57 bits per heavy atom. The van der Waals surface area contributed by atoms with Crippen molar-refractivity contribution >= 4 is 28.8 Å². The van der Waals surface area contributed by atoms with E-state index in [-0.39, 0.29) is 6.03 Å². The van der Waals surface area contributed by atoms with Crippen molar-refractivity contribution < 1.29 is 4.79 Å². The Morgan fingerprint density at radius 1 is 1.05 bits per heavy atom. The first-order chi connectivity index (χ1) is 10.1. The molecule has 0 spiro atoms. The molecule has 2 N–H and O–H groups in total. The molecule has 0 aromatic heterocycles. The van der Waals surface area contributed by atoms with Crippen molar-refractivity contribution in [2.75, 3.05) is 10.6 Å². The molecule has 0 saturated carbocycles. The Balaban J connectivity index is 1.69. The SMILES string of the molecule is CC1=Nc2cc(NC(=O)Nc3cccc(C)c3)ccc2C1. The molecule has 0 unspecified atom stereocenters. The maximum atomic E-state index is 12.0. The Bertz CT molecular complexity index is 735. The van der Waals surface area contributed by atoms with Crippen LogP contribution < -0.4 is 10.6 Å². The van der Waals surface area contributed by atoms with E-state index in [2.05, 4.69) is 15.6 Å². The number of aryl methyl sites for hydroxylation is 1. The molecule has 1 aliphatic heterocycles. The molecular formula is C17H17N3O. The average Bonchev–Trinajstić information content (AvgIpc) is 2.78. The number of urea groups is 1. The predicted molar refractivity (Wildman–Crippen MR) is 86.7 cm³/mol. The van der Waals surface area contributed by atoms with Crippen molar-refractivity contribution in [1.82, 2.24) is 0 Å². The number of rotatable bonds is 2. The fraction of sp³-hybridized carbons (Fsp3) is 0.176. The summed E-state index contributed by atoms with van der Waals surface area (Å²) in [6, 6.07) is 13.3. The van der Waals surface area contributed by atoms with Crippen LogP contribution in [0.25, 0.3) is 0 Å². The number of nitrogens with one attached hydrogen (secondary N) is 2. The Hall–Kier alpha value is -2.62. The number of hydrogen-bond donors (Lipinski definition) is 2. The smallest absolute Gasteiger partial charge is 0.308 e. The standard InChI is InChI=1S/C17H17N3O/c1-11-4-3-5-14(8-11)19-17(21)20-15-7-6-13-9-12(2)18-16(13)10-15/h3-8,10H,9H2,1-2H3,(H2,19,20,21). The van der Waals surface area contributed by atoms with Gasteiger partial charge < -0.3 is 10.6 Å². The molecule has 0 atom stereocenters. The molecule has 3 rings (SSSR count). The fourth-order valence-corrected chi connectivity index (χ4v) is 2.43. The first kappa shape index (κ1) is 13.4. The van der Waals surface area contributed by atoms with Gasteiger partial charge in [0.05, 0.1) is 5.69 Å². The Kier molecular flexibility index (Phi) is 3.44. The lowest BCUT2D eigenvalue weighted by atomic mass is 10.1. The van der Waals surface area contributed by atoms with Crippen LogP contribution in [0.5, 0.6) is 0 Å². The van der Waals surface area contributed by atoms with Crippen LogP contribution in [-0.2, 0) is 6.42 Å². The zero-order chi connectivity index (χ0) is 14.8. The lowest BCUT2D eigenvalue weighted by Gasteiger charge is -2.09. The number of hydrogen-bond acceptors (Lipinski definition) is 2. The van der Waals surface area contributed by atoms with Gasteiger partial charge in [-0.05, 0) is 49.2 Å². The molecule has 2 aromatic carbocycles. The van der Waals surface area contributed by atoms with Crippen LogP contribution in [0.4, 0.5) is 21.9 Å². The summed E-state index contributed by atoms with van der Waals surface area (Å²) < 4.78 is 0. The van der Waals surface area contributed by atoms with Crippen molar-refractivity contribution in [2.24, 2.45) is 4.99 Å². The first-order valence-corrected chi connectivity index (χ1v) is 6.92. The third-order valence-corrected chi connectivity index (χ3v) is 3.38. The summed E-state index contributed by atoms with van der Waals surface area (Å²) in [4.78, 5) is 16.5. The monoisotopic (exact) mass is 279 g/mol. The highest BCUT2D eigenvalue weighted by atomic mass is 16.2. The van der Waals surface area contributed by atoms with E-state index in [4.69, 9.17) is 0 Å². The molecule has 0 fully saturated rings. The second kappa shape index (κ2) is 5.40. The number of anilines is 2. The van der Waals surface area contributed by atoms with Crippen molar-refractivity contribution in [3.8, 4) is 0 Å². The summed E-state index contributed by atoms with van der Waals surface area (Å²) in [6.45, 7) is 4.00. The molecule has 4 heteroatoms. The van der Waals surface area contributed by atoms with Gasteiger partial charge in [0.1, 0.15) is 0 Å². The van der Waals surface area contributed by atoms with E-state index in [9.17, 15) is 4.79 Å². The van der Waals surface area contributed by atoms with E-state index in [1.54, 1.807) is 0 Å². The Labute approximate surface area is 123 Å². The predicted octanol–water partition coefficient (Wildman–Crippen LogP) is 4.29. The van der Waals surface area contributed by atoms with E-state index >= 15 is 0 Å². The minimum atomic E-state index is -0.251. The minimum Gasteiger partial charge on any atom is -0.308 e. The third kappa shape index (κ3) is 3.11. The van der Waals surface area contributed by atoms with Crippen molar-refractivity contribution in [2.45, 2.75) is 20.3 Å². The topological polar surface area (TPSA) is 53.5 Å². The number of carbonyl (C=O) groups is 1. The van der Waals surface area contributed by atoms with Crippen LogP contribution in [0, 0.1) is 6.92 Å². The van der Waals surface area contributed by atoms with Crippen LogP contribution in [0.2, 0.25) is 0 Å². The summed E-state index contributed by atoms with van der Waals surface area (Å²) in [5, 5.41) is 5.66. The molecule has 0 saturated heterocycles.